The van der Waals surface area contributed by atoms with Crippen LogP contribution >= 0.6 is 0 Å². The molecule has 2 aromatic rings. The van der Waals surface area contributed by atoms with E-state index in [-0.39, 0.29) is 6.03 Å². The fourth-order valence-corrected chi connectivity index (χ4v) is 2.64. The second-order valence-corrected chi connectivity index (χ2v) is 5.41. The summed E-state index contributed by atoms with van der Waals surface area (Å²) >= 11 is 0. The maximum atomic E-state index is 11.9. The van der Waals surface area contributed by atoms with Crippen LogP contribution in [0.25, 0.3) is 11.3 Å². The number of rotatable bonds is 3. The molecule has 1 fully saturated rings. The first-order valence-corrected chi connectivity index (χ1v) is 7.31. The molecular weight excluding hydrogens is 266 g/mol. The first kappa shape index (κ1) is 13.7. The van der Waals surface area contributed by atoms with Crippen LogP contribution in [0.4, 0.5) is 10.5 Å². The molecule has 0 spiro atoms. The summed E-state index contributed by atoms with van der Waals surface area (Å²) in [6, 6.07) is 7.76. The van der Waals surface area contributed by atoms with Crippen molar-refractivity contribution in [2.75, 3.05) is 5.32 Å². The lowest BCUT2D eigenvalue weighted by Gasteiger charge is -2.13. The molecule has 2 N–H and O–H groups in total. The Labute approximate surface area is 123 Å². The fourth-order valence-electron chi connectivity index (χ4n) is 2.64. The summed E-state index contributed by atoms with van der Waals surface area (Å²) in [6.45, 7) is 1.81. The van der Waals surface area contributed by atoms with Gasteiger partial charge in [0.1, 0.15) is 12.0 Å². The molecule has 110 valence electrons. The van der Waals surface area contributed by atoms with Gasteiger partial charge in [-0.05, 0) is 25.0 Å². The monoisotopic (exact) mass is 285 g/mol. The Hall–Kier alpha value is -2.30. The third-order valence-corrected chi connectivity index (χ3v) is 3.75. The van der Waals surface area contributed by atoms with Crippen LogP contribution in [0, 0.1) is 6.92 Å². The number of oxazole rings is 1. The second-order valence-electron chi connectivity index (χ2n) is 5.41. The Morgan fingerprint density at radius 2 is 1.95 bits per heavy atom. The van der Waals surface area contributed by atoms with Gasteiger partial charge in [-0.3, -0.25) is 0 Å². The standard InChI is InChI=1S/C16H19N3O2/c1-11-17-15(10-21-11)12-6-8-14(9-7-12)19-16(20)18-13-4-2-3-5-13/h6-10,13H,2-5H2,1H3,(H2,18,19,20). The molecule has 1 aliphatic rings. The van der Waals surface area contributed by atoms with Crippen molar-refractivity contribution >= 4 is 11.7 Å². The van der Waals surface area contributed by atoms with E-state index in [2.05, 4.69) is 15.6 Å². The normalized spacial score (nSPS) is 15.1. The van der Waals surface area contributed by atoms with Crippen molar-refractivity contribution in [1.82, 2.24) is 10.3 Å². The molecule has 3 rings (SSSR count). The van der Waals surface area contributed by atoms with Gasteiger partial charge in [0.25, 0.3) is 0 Å². The summed E-state index contributed by atoms with van der Waals surface area (Å²) in [7, 11) is 0. The van der Waals surface area contributed by atoms with Crippen molar-refractivity contribution in [3.63, 3.8) is 0 Å². The molecule has 1 aliphatic carbocycles. The summed E-state index contributed by atoms with van der Waals surface area (Å²) in [6.07, 6.45) is 6.20. The molecule has 0 saturated heterocycles. The first-order valence-electron chi connectivity index (χ1n) is 7.31. The highest BCUT2D eigenvalue weighted by atomic mass is 16.3. The van der Waals surface area contributed by atoms with Gasteiger partial charge in [-0.1, -0.05) is 25.0 Å². The van der Waals surface area contributed by atoms with E-state index < -0.39 is 0 Å². The molecule has 1 aromatic heterocycles. The number of hydrogen-bond donors (Lipinski definition) is 2. The molecule has 5 heteroatoms. The van der Waals surface area contributed by atoms with Crippen molar-refractivity contribution in [2.45, 2.75) is 38.6 Å². The molecule has 0 unspecified atom stereocenters. The van der Waals surface area contributed by atoms with Crippen LogP contribution in [0.1, 0.15) is 31.6 Å². The molecule has 0 atom stereocenters. The van der Waals surface area contributed by atoms with Crippen molar-refractivity contribution in [1.29, 1.82) is 0 Å². The minimum atomic E-state index is -0.132. The topological polar surface area (TPSA) is 67.2 Å². The van der Waals surface area contributed by atoms with Crippen molar-refractivity contribution in [2.24, 2.45) is 0 Å². The number of urea groups is 1. The summed E-state index contributed by atoms with van der Waals surface area (Å²) < 4.78 is 5.20. The lowest BCUT2D eigenvalue weighted by molar-refractivity contribution is 0.248. The highest BCUT2D eigenvalue weighted by Crippen LogP contribution is 2.21. The quantitative estimate of drug-likeness (QED) is 0.903. The summed E-state index contributed by atoms with van der Waals surface area (Å²) in [5.41, 5.74) is 2.54. The predicted octanol–water partition coefficient (Wildman–Crippen LogP) is 3.71. The van der Waals surface area contributed by atoms with Gasteiger partial charge in [0.15, 0.2) is 5.89 Å². The summed E-state index contributed by atoms with van der Waals surface area (Å²) in [5, 5.41) is 5.86. The molecule has 21 heavy (non-hydrogen) atoms. The molecule has 0 bridgehead atoms. The number of benzene rings is 1. The number of aryl methyl sites for hydroxylation is 1. The SMILES string of the molecule is Cc1nc(-c2ccc(NC(=O)NC3CCCC3)cc2)co1. The molecule has 5 nitrogen and oxygen atoms in total. The zero-order valence-electron chi connectivity index (χ0n) is 12.1. The lowest BCUT2D eigenvalue weighted by Crippen LogP contribution is -2.36. The van der Waals surface area contributed by atoms with Gasteiger partial charge in [0, 0.05) is 24.2 Å². The average Bonchev–Trinajstić information content (AvgIpc) is 3.11. The van der Waals surface area contributed by atoms with Crippen LogP contribution in [0.5, 0.6) is 0 Å². The van der Waals surface area contributed by atoms with E-state index in [0.717, 1.165) is 29.8 Å². The fraction of sp³-hybridized carbons (Fsp3) is 0.375. The summed E-state index contributed by atoms with van der Waals surface area (Å²) in [4.78, 5) is 16.2. The number of carbonyl (C=O) groups excluding carboxylic acids is 1. The first-order chi connectivity index (χ1) is 10.2. The molecule has 1 heterocycles. The number of nitrogens with one attached hydrogen (secondary N) is 2. The number of nitrogens with zero attached hydrogens (tertiary/aromatic N) is 1. The van der Waals surface area contributed by atoms with E-state index in [9.17, 15) is 4.79 Å². The van der Waals surface area contributed by atoms with E-state index in [4.69, 9.17) is 4.42 Å². The van der Waals surface area contributed by atoms with Crippen LogP contribution in [-0.4, -0.2) is 17.1 Å². The number of aromatic nitrogens is 1. The smallest absolute Gasteiger partial charge is 0.319 e. The Kier molecular flexibility index (Phi) is 3.90. The molecule has 0 aliphatic heterocycles. The van der Waals surface area contributed by atoms with E-state index >= 15 is 0 Å². The van der Waals surface area contributed by atoms with E-state index in [1.54, 1.807) is 6.26 Å². The number of anilines is 1. The van der Waals surface area contributed by atoms with E-state index in [1.807, 2.05) is 31.2 Å². The lowest BCUT2D eigenvalue weighted by atomic mass is 10.1. The van der Waals surface area contributed by atoms with Crippen molar-refractivity contribution in [3.05, 3.63) is 36.4 Å². The molecule has 2 amide bonds. The molecule has 0 radical (unpaired) electrons. The van der Waals surface area contributed by atoms with Crippen LogP contribution in [0.2, 0.25) is 0 Å². The minimum absolute atomic E-state index is 0.132. The van der Waals surface area contributed by atoms with Crippen molar-refractivity contribution in [3.8, 4) is 11.3 Å². The number of amides is 2. The zero-order valence-corrected chi connectivity index (χ0v) is 12.1. The second kappa shape index (κ2) is 5.99. The van der Waals surface area contributed by atoms with Gasteiger partial charge in [0.2, 0.25) is 0 Å². The van der Waals surface area contributed by atoms with E-state index in [0.29, 0.717) is 11.9 Å². The van der Waals surface area contributed by atoms with Crippen molar-refractivity contribution < 1.29 is 9.21 Å². The Balaban J connectivity index is 1.60. The van der Waals surface area contributed by atoms with Crippen LogP contribution in [0.3, 0.4) is 0 Å². The highest BCUT2D eigenvalue weighted by Gasteiger charge is 2.16. The predicted molar refractivity (Wildman–Crippen MR) is 81.1 cm³/mol. The zero-order chi connectivity index (χ0) is 14.7. The third kappa shape index (κ3) is 3.42. The molecule has 1 saturated carbocycles. The Morgan fingerprint density at radius 3 is 2.57 bits per heavy atom. The van der Waals surface area contributed by atoms with Gasteiger partial charge >= 0.3 is 6.03 Å². The van der Waals surface area contributed by atoms with Crippen LogP contribution in [-0.2, 0) is 0 Å². The van der Waals surface area contributed by atoms with Crippen LogP contribution in [0.15, 0.2) is 34.9 Å². The highest BCUT2D eigenvalue weighted by molar-refractivity contribution is 5.89. The largest absolute Gasteiger partial charge is 0.449 e. The third-order valence-electron chi connectivity index (χ3n) is 3.75. The summed E-state index contributed by atoms with van der Waals surface area (Å²) in [5.74, 6) is 0.642. The maximum Gasteiger partial charge on any atom is 0.319 e. The van der Waals surface area contributed by atoms with Crippen LogP contribution < -0.4 is 10.6 Å². The number of carbonyl (C=O) groups is 1. The molecule has 1 aromatic carbocycles. The van der Waals surface area contributed by atoms with Gasteiger partial charge in [-0.25, -0.2) is 9.78 Å². The number of hydrogen-bond acceptors (Lipinski definition) is 3. The van der Waals surface area contributed by atoms with Gasteiger partial charge in [0.05, 0.1) is 0 Å². The Bertz CT molecular complexity index is 613. The van der Waals surface area contributed by atoms with Gasteiger partial charge < -0.3 is 15.1 Å². The van der Waals surface area contributed by atoms with E-state index in [1.165, 1.54) is 12.8 Å². The Morgan fingerprint density at radius 1 is 1.24 bits per heavy atom. The average molecular weight is 285 g/mol. The molecular formula is C16H19N3O2. The maximum absolute atomic E-state index is 11.9. The van der Waals surface area contributed by atoms with Gasteiger partial charge in [-0.15, -0.1) is 0 Å². The van der Waals surface area contributed by atoms with Gasteiger partial charge in [-0.2, -0.15) is 0 Å². The minimum Gasteiger partial charge on any atom is -0.449 e.